The monoisotopic (exact) mass is 309 g/mol. The van der Waals surface area contributed by atoms with Crippen LogP contribution in [-0.4, -0.2) is 23.0 Å². The molecule has 2 N–H and O–H groups in total. The number of alkyl halides is 3. The van der Waals surface area contributed by atoms with E-state index in [2.05, 4.69) is 5.32 Å². The van der Waals surface area contributed by atoms with Crippen LogP contribution in [0.3, 0.4) is 0 Å². The number of rotatable bonds is 2. The van der Waals surface area contributed by atoms with Crippen molar-refractivity contribution < 1.29 is 32.2 Å². The maximum Gasteiger partial charge on any atom is 0.418 e. The van der Waals surface area contributed by atoms with E-state index in [1.807, 2.05) is 0 Å². The lowest BCUT2D eigenvalue weighted by atomic mass is 10.1. The third kappa shape index (κ3) is 5.22. The van der Waals surface area contributed by atoms with Crippen molar-refractivity contribution in [3.05, 3.63) is 29.6 Å². The first-order chi connectivity index (χ1) is 9.40. The fourth-order valence-electron chi connectivity index (χ4n) is 1.46. The van der Waals surface area contributed by atoms with E-state index in [-0.39, 0.29) is 5.69 Å². The number of hydrogen-bond donors (Lipinski definition) is 2. The van der Waals surface area contributed by atoms with Crippen molar-refractivity contribution >= 4 is 11.8 Å². The fourth-order valence-corrected chi connectivity index (χ4v) is 1.46. The molecule has 8 heteroatoms. The van der Waals surface area contributed by atoms with E-state index in [1.165, 1.54) is 0 Å². The molecule has 0 bridgehead atoms. The van der Waals surface area contributed by atoms with Crippen LogP contribution >= 0.6 is 0 Å². The lowest BCUT2D eigenvalue weighted by molar-refractivity contribution is -0.206. The van der Waals surface area contributed by atoms with Gasteiger partial charge in [-0.25, -0.2) is 9.18 Å². The van der Waals surface area contributed by atoms with E-state index in [9.17, 15) is 27.5 Å². The Labute approximate surface area is 118 Å². The summed E-state index contributed by atoms with van der Waals surface area (Å²) in [7, 11) is 0. The molecular weight excluding hydrogens is 294 g/mol. The topological polar surface area (TPSA) is 58.6 Å². The second-order valence-electron chi connectivity index (χ2n) is 5.30. The molecule has 0 heterocycles. The third-order valence-corrected chi connectivity index (χ3v) is 2.25. The zero-order valence-electron chi connectivity index (χ0n) is 11.6. The number of amides is 1. The van der Waals surface area contributed by atoms with Gasteiger partial charge in [0, 0.05) is 5.56 Å². The lowest BCUT2D eigenvalue weighted by Crippen LogP contribution is -2.28. The predicted octanol–water partition coefficient (Wildman–Crippen LogP) is 3.77. The molecule has 4 nitrogen and oxygen atoms in total. The number of hydrogen-bond acceptors (Lipinski definition) is 3. The Morgan fingerprint density at radius 2 is 1.86 bits per heavy atom. The maximum absolute atomic E-state index is 13.1. The summed E-state index contributed by atoms with van der Waals surface area (Å²) in [6.45, 7) is 4.72. The molecule has 1 rings (SSSR count). The second kappa shape index (κ2) is 5.88. The summed E-state index contributed by atoms with van der Waals surface area (Å²) in [6.07, 6.45) is -8.92. The van der Waals surface area contributed by atoms with Gasteiger partial charge in [0.25, 0.3) is 0 Å². The van der Waals surface area contributed by atoms with Crippen LogP contribution in [-0.2, 0) is 4.74 Å². The Hall–Kier alpha value is -1.83. The molecule has 1 atom stereocenters. The number of carbonyl (C=O) groups is 1. The molecule has 0 aliphatic carbocycles. The number of aliphatic hydroxyl groups is 1. The van der Waals surface area contributed by atoms with Crippen molar-refractivity contribution in [1.82, 2.24) is 0 Å². The molecule has 0 unspecified atom stereocenters. The van der Waals surface area contributed by atoms with Crippen LogP contribution in [0, 0.1) is 5.82 Å². The molecule has 0 aliphatic heterocycles. The summed E-state index contributed by atoms with van der Waals surface area (Å²) in [5.74, 6) is -0.969. The average molecular weight is 309 g/mol. The van der Waals surface area contributed by atoms with Gasteiger partial charge in [0.15, 0.2) is 6.10 Å². The quantitative estimate of drug-likeness (QED) is 0.818. The maximum atomic E-state index is 13.1. The van der Waals surface area contributed by atoms with E-state index in [0.717, 1.165) is 12.1 Å². The lowest BCUT2D eigenvalue weighted by Gasteiger charge is -2.22. The Morgan fingerprint density at radius 1 is 1.29 bits per heavy atom. The van der Waals surface area contributed by atoms with Gasteiger partial charge in [-0.15, -0.1) is 0 Å². The largest absolute Gasteiger partial charge is 0.444 e. The Morgan fingerprint density at radius 3 is 2.33 bits per heavy atom. The van der Waals surface area contributed by atoms with E-state index < -0.39 is 35.4 Å². The molecular formula is C13H15F4NO3. The molecule has 0 saturated carbocycles. The summed E-state index contributed by atoms with van der Waals surface area (Å²) in [4.78, 5) is 11.5. The van der Waals surface area contributed by atoms with E-state index in [4.69, 9.17) is 4.74 Å². The molecule has 1 aromatic rings. The minimum atomic E-state index is -4.99. The summed E-state index contributed by atoms with van der Waals surface area (Å²) in [5.41, 5.74) is -2.03. The molecule has 0 spiro atoms. The Kier molecular flexibility index (Phi) is 4.83. The molecule has 0 saturated heterocycles. The van der Waals surface area contributed by atoms with Crippen molar-refractivity contribution in [2.45, 2.75) is 38.7 Å². The normalized spacial score (nSPS) is 13.7. The highest BCUT2D eigenvalue weighted by Gasteiger charge is 2.41. The minimum absolute atomic E-state index is 0.379. The fraction of sp³-hybridized carbons (Fsp3) is 0.462. The first-order valence-corrected chi connectivity index (χ1v) is 5.94. The van der Waals surface area contributed by atoms with E-state index in [0.29, 0.717) is 6.07 Å². The van der Waals surface area contributed by atoms with Crippen molar-refractivity contribution in [2.24, 2.45) is 0 Å². The Bertz CT molecular complexity index is 523. The standard InChI is InChI=1S/C13H15F4NO3/c1-12(2,3)21-11(20)18-9-5-4-7(14)6-8(9)10(19)13(15,16)17/h4-6,10,19H,1-3H3,(H,18,20)/t10-/m0/s1. The first-order valence-electron chi connectivity index (χ1n) is 5.94. The van der Waals surface area contributed by atoms with E-state index in [1.54, 1.807) is 20.8 Å². The predicted molar refractivity (Wildman–Crippen MR) is 67.3 cm³/mol. The highest BCUT2D eigenvalue weighted by Crippen LogP contribution is 2.36. The number of carbonyl (C=O) groups excluding carboxylic acids is 1. The third-order valence-electron chi connectivity index (χ3n) is 2.25. The van der Waals surface area contributed by atoms with Gasteiger partial charge in [-0.05, 0) is 39.0 Å². The highest BCUT2D eigenvalue weighted by atomic mass is 19.4. The van der Waals surface area contributed by atoms with Gasteiger partial charge in [-0.2, -0.15) is 13.2 Å². The van der Waals surface area contributed by atoms with Crippen LogP contribution in [0.15, 0.2) is 18.2 Å². The average Bonchev–Trinajstić information content (AvgIpc) is 2.26. The van der Waals surface area contributed by atoms with Gasteiger partial charge < -0.3 is 9.84 Å². The van der Waals surface area contributed by atoms with Crippen molar-refractivity contribution in [3.63, 3.8) is 0 Å². The summed E-state index contributed by atoms with van der Waals surface area (Å²) in [6, 6.07) is 2.29. The van der Waals surface area contributed by atoms with Crippen LogP contribution in [0.5, 0.6) is 0 Å². The van der Waals surface area contributed by atoms with Crippen LogP contribution in [0.25, 0.3) is 0 Å². The van der Waals surface area contributed by atoms with Crippen molar-refractivity contribution in [3.8, 4) is 0 Å². The van der Waals surface area contributed by atoms with Crippen molar-refractivity contribution in [1.29, 1.82) is 0 Å². The number of halogens is 4. The number of nitrogens with one attached hydrogen (secondary N) is 1. The van der Waals surface area contributed by atoms with Crippen molar-refractivity contribution in [2.75, 3.05) is 5.32 Å². The highest BCUT2D eigenvalue weighted by molar-refractivity contribution is 5.86. The molecule has 0 aliphatic rings. The van der Waals surface area contributed by atoms with Crippen LogP contribution in [0.2, 0.25) is 0 Å². The molecule has 1 amide bonds. The van der Waals surface area contributed by atoms with Gasteiger partial charge >= 0.3 is 12.3 Å². The molecule has 0 radical (unpaired) electrons. The van der Waals surface area contributed by atoms with Gasteiger partial charge in [-0.1, -0.05) is 0 Å². The van der Waals surface area contributed by atoms with Crippen LogP contribution in [0.4, 0.5) is 28.0 Å². The molecule has 0 fully saturated rings. The second-order valence-corrected chi connectivity index (χ2v) is 5.30. The minimum Gasteiger partial charge on any atom is -0.444 e. The smallest absolute Gasteiger partial charge is 0.418 e. The van der Waals surface area contributed by atoms with Crippen LogP contribution < -0.4 is 5.32 Å². The molecule has 1 aromatic carbocycles. The van der Waals surface area contributed by atoms with Gasteiger partial charge in [0.1, 0.15) is 11.4 Å². The Balaban J connectivity index is 3.05. The number of ether oxygens (including phenoxy) is 1. The zero-order chi connectivity index (χ0) is 16.4. The van der Waals surface area contributed by atoms with Gasteiger partial charge in [0.05, 0.1) is 5.69 Å². The zero-order valence-corrected chi connectivity index (χ0v) is 11.6. The summed E-state index contributed by atoms with van der Waals surface area (Å²) in [5, 5.41) is 11.3. The summed E-state index contributed by atoms with van der Waals surface area (Å²) < 4.78 is 55.6. The molecule has 118 valence electrons. The first kappa shape index (κ1) is 17.2. The van der Waals surface area contributed by atoms with Gasteiger partial charge in [-0.3, -0.25) is 5.32 Å². The number of anilines is 1. The number of benzene rings is 1. The van der Waals surface area contributed by atoms with Gasteiger partial charge in [0.2, 0.25) is 0 Å². The number of aliphatic hydroxyl groups excluding tert-OH is 1. The van der Waals surface area contributed by atoms with Crippen LogP contribution in [0.1, 0.15) is 32.4 Å². The summed E-state index contributed by atoms with van der Waals surface area (Å²) >= 11 is 0. The van der Waals surface area contributed by atoms with E-state index >= 15 is 0 Å². The molecule has 0 aromatic heterocycles. The molecule has 21 heavy (non-hydrogen) atoms. The SMILES string of the molecule is CC(C)(C)OC(=O)Nc1ccc(F)cc1[C@H](O)C(F)(F)F.